The first-order valence-electron chi connectivity index (χ1n) is 6.97. The molecule has 5 heteroatoms. The third-order valence-electron chi connectivity index (χ3n) is 4.48. The van der Waals surface area contributed by atoms with Crippen molar-refractivity contribution < 1.29 is 9.53 Å². The zero-order valence-electron chi connectivity index (χ0n) is 10.8. The van der Waals surface area contributed by atoms with Gasteiger partial charge in [-0.3, -0.25) is 10.1 Å². The number of nitrogens with zero attached hydrogens (tertiary/aromatic N) is 1. The second-order valence-electron chi connectivity index (χ2n) is 5.87. The van der Waals surface area contributed by atoms with Crippen LogP contribution in [0.4, 0.5) is 0 Å². The molecule has 0 bridgehead atoms. The molecule has 1 saturated carbocycles. The summed E-state index contributed by atoms with van der Waals surface area (Å²) in [7, 11) is 0. The number of hydrogen-bond donors (Lipinski definition) is 1. The Bertz CT molecular complexity index is 478. The molecule has 1 amide bonds. The highest BCUT2D eigenvalue weighted by molar-refractivity contribution is 7.07. The van der Waals surface area contributed by atoms with E-state index in [4.69, 9.17) is 4.74 Å². The van der Waals surface area contributed by atoms with E-state index in [-0.39, 0.29) is 11.7 Å². The van der Waals surface area contributed by atoms with Gasteiger partial charge in [0.25, 0.3) is 0 Å². The van der Waals surface area contributed by atoms with Gasteiger partial charge in [-0.05, 0) is 41.7 Å². The van der Waals surface area contributed by atoms with Crippen molar-refractivity contribution in [1.82, 2.24) is 10.2 Å². The molecular formula is C14H18N2O2S. The van der Waals surface area contributed by atoms with Crippen molar-refractivity contribution in [3.05, 3.63) is 22.4 Å². The summed E-state index contributed by atoms with van der Waals surface area (Å²) in [5.74, 6) is 0.802. The summed E-state index contributed by atoms with van der Waals surface area (Å²) >= 11 is 1.69. The number of amides is 1. The summed E-state index contributed by atoms with van der Waals surface area (Å²) in [5, 5.41) is 7.78. The fourth-order valence-corrected chi connectivity index (χ4v) is 3.84. The molecule has 1 aliphatic carbocycles. The molecule has 1 spiro atoms. The van der Waals surface area contributed by atoms with E-state index in [2.05, 4.69) is 27.0 Å². The van der Waals surface area contributed by atoms with Crippen LogP contribution in [0.25, 0.3) is 0 Å². The van der Waals surface area contributed by atoms with Gasteiger partial charge < -0.3 is 9.64 Å². The van der Waals surface area contributed by atoms with Crippen molar-refractivity contribution >= 4 is 17.2 Å². The normalized spacial score (nSPS) is 32.4. The second kappa shape index (κ2) is 4.30. The van der Waals surface area contributed by atoms with Crippen LogP contribution in [0.2, 0.25) is 0 Å². The molecule has 1 N–H and O–H groups in total. The van der Waals surface area contributed by atoms with Crippen molar-refractivity contribution in [3.8, 4) is 0 Å². The third-order valence-corrected chi connectivity index (χ3v) is 5.18. The van der Waals surface area contributed by atoms with Crippen molar-refractivity contribution in [2.75, 3.05) is 19.8 Å². The van der Waals surface area contributed by atoms with Crippen LogP contribution in [-0.2, 0) is 9.53 Å². The summed E-state index contributed by atoms with van der Waals surface area (Å²) in [6.45, 7) is 2.47. The Morgan fingerprint density at radius 2 is 2.42 bits per heavy atom. The average Bonchev–Trinajstić information content (AvgIpc) is 2.86. The number of ether oxygens (including phenoxy) is 1. The summed E-state index contributed by atoms with van der Waals surface area (Å²) in [6, 6.07) is 2.12. The fraction of sp³-hybridized carbons (Fsp3) is 0.643. The smallest absolute Gasteiger partial charge is 0.244 e. The van der Waals surface area contributed by atoms with E-state index in [1.807, 2.05) is 0 Å². The van der Waals surface area contributed by atoms with Crippen LogP contribution in [0, 0.1) is 5.92 Å². The molecule has 4 rings (SSSR count). The Hall–Kier alpha value is -0.910. The number of nitrogens with one attached hydrogen (secondary N) is 1. The lowest BCUT2D eigenvalue weighted by atomic mass is 10.1. The molecule has 2 unspecified atom stereocenters. The number of hydrogen-bond acceptors (Lipinski definition) is 4. The Balaban J connectivity index is 1.58. The predicted octanol–water partition coefficient (Wildman–Crippen LogP) is 1.75. The Morgan fingerprint density at radius 3 is 3.05 bits per heavy atom. The SMILES string of the molecule is O=C1N(CC2CCOC2)C(c2ccsc2)NC12CC2. The average molecular weight is 278 g/mol. The minimum absolute atomic E-state index is 0.0712. The number of thiophene rings is 1. The van der Waals surface area contributed by atoms with E-state index < -0.39 is 0 Å². The molecule has 3 heterocycles. The monoisotopic (exact) mass is 278 g/mol. The highest BCUT2D eigenvalue weighted by Gasteiger charge is 2.59. The summed E-state index contributed by atoms with van der Waals surface area (Å²) in [6.07, 6.45) is 3.13. The minimum atomic E-state index is -0.230. The van der Waals surface area contributed by atoms with Gasteiger partial charge in [0, 0.05) is 19.1 Å². The predicted molar refractivity (Wildman–Crippen MR) is 72.8 cm³/mol. The molecule has 0 aromatic carbocycles. The highest BCUT2D eigenvalue weighted by Crippen LogP contribution is 2.46. The van der Waals surface area contributed by atoms with E-state index in [0.29, 0.717) is 11.8 Å². The lowest BCUT2D eigenvalue weighted by Gasteiger charge is -2.26. The standard InChI is InChI=1S/C14H18N2O2S/c17-13-14(3-4-14)15-12(11-2-6-19-9-11)16(13)7-10-1-5-18-8-10/h2,6,9-10,12,15H,1,3-5,7-8H2. The number of carbonyl (C=O) groups is 1. The molecule has 1 aromatic heterocycles. The van der Waals surface area contributed by atoms with Gasteiger partial charge in [0.15, 0.2) is 0 Å². The van der Waals surface area contributed by atoms with Crippen molar-refractivity contribution in [2.24, 2.45) is 5.92 Å². The Labute approximate surface area is 116 Å². The van der Waals surface area contributed by atoms with Crippen molar-refractivity contribution in [2.45, 2.75) is 31.0 Å². The molecule has 3 aliphatic rings. The van der Waals surface area contributed by atoms with E-state index in [0.717, 1.165) is 39.0 Å². The molecule has 1 aromatic rings. The quantitative estimate of drug-likeness (QED) is 0.916. The van der Waals surface area contributed by atoms with Crippen molar-refractivity contribution in [3.63, 3.8) is 0 Å². The molecule has 2 atom stereocenters. The van der Waals surface area contributed by atoms with Crippen LogP contribution < -0.4 is 5.32 Å². The van der Waals surface area contributed by atoms with E-state index in [9.17, 15) is 4.79 Å². The highest BCUT2D eigenvalue weighted by atomic mass is 32.1. The van der Waals surface area contributed by atoms with Gasteiger partial charge in [0.05, 0.1) is 6.61 Å². The summed E-state index contributed by atoms with van der Waals surface area (Å²) in [5.41, 5.74) is 0.993. The molecular weight excluding hydrogens is 260 g/mol. The first-order valence-corrected chi connectivity index (χ1v) is 7.91. The molecule has 4 nitrogen and oxygen atoms in total. The number of rotatable bonds is 3. The summed E-state index contributed by atoms with van der Waals surface area (Å²) in [4.78, 5) is 14.7. The maximum atomic E-state index is 12.6. The molecule has 2 saturated heterocycles. The minimum Gasteiger partial charge on any atom is -0.381 e. The fourth-order valence-electron chi connectivity index (χ4n) is 3.16. The largest absolute Gasteiger partial charge is 0.381 e. The van der Waals surface area contributed by atoms with Gasteiger partial charge in [-0.15, -0.1) is 0 Å². The van der Waals surface area contributed by atoms with E-state index in [1.54, 1.807) is 11.3 Å². The van der Waals surface area contributed by atoms with Crippen molar-refractivity contribution in [1.29, 1.82) is 0 Å². The topological polar surface area (TPSA) is 41.6 Å². The van der Waals surface area contributed by atoms with Crippen LogP contribution in [0.3, 0.4) is 0 Å². The van der Waals surface area contributed by atoms with Gasteiger partial charge >= 0.3 is 0 Å². The second-order valence-corrected chi connectivity index (χ2v) is 6.65. The first kappa shape index (κ1) is 11.9. The van der Waals surface area contributed by atoms with Gasteiger partial charge in [-0.25, -0.2) is 0 Å². The van der Waals surface area contributed by atoms with Gasteiger partial charge in [-0.1, -0.05) is 0 Å². The zero-order valence-corrected chi connectivity index (χ0v) is 11.6. The number of carbonyl (C=O) groups excluding carboxylic acids is 1. The van der Waals surface area contributed by atoms with Crippen LogP contribution in [0.5, 0.6) is 0 Å². The van der Waals surface area contributed by atoms with Crippen LogP contribution in [0.1, 0.15) is 31.0 Å². The third kappa shape index (κ3) is 1.91. The van der Waals surface area contributed by atoms with Gasteiger partial charge in [-0.2, -0.15) is 11.3 Å². The lowest BCUT2D eigenvalue weighted by molar-refractivity contribution is -0.131. The molecule has 0 radical (unpaired) electrons. The Morgan fingerprint density at radius 1 is 1.53 bits per heavy atom. The van der Waals surface area contributed by atoms with E-state index >= 15 is 0 Å². The van der Waals surface area contributed by atoms with Gasteiger partial charge in [0.2, 0.25) is 5.91 Å². The molecule has 3 fully saturated rings. The molecule has 102 valence electrons. The maximum Gasteiger partial charge on any atom is 0.244 e. The van der Waals surface area contributed by atoms with Crippen LogP contribution in [-0.4, -0.2) is 36.1 Å². The van der Waals surface area contributed by atoms with Crippen LogP contribution in [0.15, 0.2) is 16.8 Å². The maximum absolute atomic E-state index is 12.6. The molecule has 19 heavy (non-hydrogen) atoms. The van der Waals surface area contributed by atoms with Crippen LogP contribution >= 0.6 is 11.3 Å². The summed E-state index contributed by atoms with van der Waals surface area (Å²) < 4.78 is 5.44. The Kier molecular flexibility index (Phi) is 2.69. The molecule has 2 aliphatic heterocycles. The lowest BCUT2D eigenvalue weighted by Crippen LogP contribution is -2.36. The van der Waals surface area contributed by atoms with Gasteiger partial charge in [0.1, 0.15) is 11.7 Å². The first-order chi connectivity index (χ1) is 9.28. The zero-order chi connectivity index (χ0) is 12.9. The van der Waals surface area contributed by atoms with E-state index in [1.165, 1.54) is 5.56 Å².